The Morgan fingerprint density at radius 2 is 1.86 bits per heavy atom. The van der Waals surface area contributed by atoms with E-state index >= 15 is 0 Å². The number of fused-ring (bicyclic) bond motifs is 1. The molecule has 0 saturated carbocycles. The molecule has 2 aromatic rings. The predicted molar refractivity (Wildman–Crippen MR) is 82.3 cm³/mol. The molecule has 0 heterocycles. The van der Waals surface area contributed by atoms with Crippen molar-refractivity contribution in [2.75, 3.05) is 6.61 Å². The molecular formula is C18H16O4. The molecule has 0 atom stereocenters. The second-order valence-electron chi connectivity index (χ2n) is 5.33. The minimum Gasteiger partial charge on any atom is -0.482 e. The van der Waals surface area contributed by atoms with Crippen molar-refractivity contribution in [1.82, 2.24) is 0 Å². The summed E-state index contributed by atoms with van der Waals surface area (Å²) in [6, 6.07) is 13.4. The molecule has 0 unspecified atom stereocenters. The molecule has 0 saturated heterocycles. The Balaban J connectivity index is 2.09. The Hall–Kier alpha value is -2.62. The lowest BCUT2D eigenvalue weighted by Gasteiger charge is -2.20. The standard InChI is InChI=1S/C18H16O4/c19-16-8-4-7-14-15(16)9-13(12-5-2-1-3-6-12)10-17(14)22-11-18(20)21/h1-3,5-6,9-10H,4,7-8,11H2,(H,20,21). The normalized spacial score (nSPS) is 13.5. The number of benzene rings is 2. The number of aliphatic carboxylic acids is 1. The van der Waals surface area contributed by atoms with Crippen molar-refractivity contribution in [2.45, 2.75) is 19.3 Å². The summed E-state index contributed by atoms with van der Waals surface area (Å²) in [5.74, 6) is -0.424. The maximum absolute atomic E-state index is 12.2. The highest BCUT2D eigenvalue weighted by molar-refractivity contribution is 6.00. The molecule has 2 aromatic carbocycles. The fourth-order valence-electron chi connectivity index (χ4n) is 2.78. The molecule has 0 aromatic heterocycles. The number of hydrogen-bond donors (Lipinski definition) is 1. The molecule has 0 spiro atoms. The molecule has 1 N–H and O–H groups in total. The zero-order valence-electron chi connectivity index (χ0n) is 12.0. The van der Waals surface area contributed by atoms with Crippen LogP contribution in [0.1, 0.15) is 28.8 Å². The number of hydrogen-bond acceptors (Lipinski definition) is 3. The Morgan fingerprint density at radius 1 is 1.09 bits per heavy atom. The molecule has 3 rings (SSSR count). The third-order valence-electron chi connectivity index (χ3n) is 3.80. The largest absolute Gasteiger partial charge is 0.482 e. The lowest BCUT2D eigenvalue weighted by molar-refractivity contribution is -0.139. The van der Waals surface area contributed by atoms with E-state index in [0.717, 1.165) is 29.5 Å². The van der Waals surface area contributed by atoms with Gasteiger partial charge in [0.25, 0.3) is 0 Å². The Bertz CT molecular complexity index is 719. The van der Waals surface area contributed by atoms with Crippen molar-refractivity contribution in [3.8, 4) is 16.9 Å². The number of rotatable bonds is 4. The van der Waals surface area contributed by atoms with Crippen LogP contribution in [0, 0.1) is 0 Å². The minimum absolute atomic E-state index is 0.0965. The number of Topliss-reactive ketones (excluding diaryl/α,β-unsaturated/α-hetero) is 1. The maximum atomic E-state index is 12.2. The van der Waals surface area contributed by atoms with Crippen LogP contribution < -0.4 is 4.74 Å². The monoisotopic (exact) mass is 296 g/mol. The first-order valence-corrected chi connectivity index (χ1v) is 7.25. The van der Waals surface area contributed by atoms with Crippen LogP contribution in [0.5, 0.6) is 5.75 Å². The number of carboxylic acid groups (broad SMARTS) is 1. The molecule has 4 heteroatoms. The van der Waals surface area contributed by atoms with Gasteiger partial charge in [-0.25, -0.2) is 4.79 Å². The first-order valence-electron chi connectivity index (χ1n) is 7.25. The number of ketones is 1. The molecule has 22 heavy (non-hydrogen) atoms. The van der Waals surface area contributed by atoms with E-state index in [2.05, 4.69) is 0 Å². The van der Waals surface area contributed by atoms with E-state index in [1.807, 2.05) is 42.5 Å². The Morgan fingerprint density at radius 3 is 2.59 bits per heavy atom. The molecule has 0 fully saturated rings. The molecule has 0 bridgehead atoms. The molecule has 1 aliphatic carbocycles. The average molecular weight is 296 g/mol. The Labute approximate surface area is 128 Å². The van der Waals surface area contributed by atoms with Gasteiger partial charge < -0.3 is 9.84 Å². The van der Waals surface area contributed by atoms with Crippen molar-refractivity contribution in [1.29, 1.82) is 0 Å². The van der Waals surface area contributed by atoms with Gasteiger partial charge in [-0.05, 0) is 36.1 Å². The predicted octanol–water partition coefficient (Wildman–Crippen LogP) is 3.34. The first kappa shape index (κ1) is 14.3. The van der Waals surface area contributed by atoms with Crippen molar-refractivity contribution < 1.29 is 19.4 Å². The fourth-order valence-corrected chi connectivity index (χ4v) is 2.78. The van der Waals surface area contributed by atoms with Gasteiger partial charge in [-0.1, -0.05) is 30.3 Å². The van der Waals surface area contributed by atoms with E-state index in [4.69, 9.17) is 9.84 Å². The minimum atomic E-state index is -1.03. The second-order valence-corrected chi connectivity index (χ2v) is 5.33. The maximum Gasteiger partial charge on any atom is 0.341 e. The smallest absolute Gasteiger partial charge is 0.341 e. The van der Waals surface area contributed by atoms with Gasteiger partial charge in [0.05, 0.1) is 0 Å². The molecule has 0 radical (unpaired) electrons. The van der Waals surface area contributed by atoms with Crippen LogP contribution >= 0.6 is 0 Å². The van der Waals surface area contributed by atoms with Crippen LogP contribution in [0.25, 0.3) is 11.1 Å². The van der Waals surface area contributed by atoms with E-state index < -0.39 is 12.6 Å². The summed E-state index contributed by atoms with van der Waals surface area (Å²) in [6.07, 6.45) is 2.05. The summed E-state index contributed by atoms with van der Waals surface area (Å²) in [4.78, 5) is 23.0. The molecule has 0 aliphatic heterocycles. The SMILES string of the molecule is O=C(O)COc1cc(-c2ccccc2)cc2c1CCCC2=O. The molecular weight excluding hydrogens is 280 g/mol. The number of carboxylic acids is 1. The van der Waals surface area contributed by atoms with Crippen molar-refractivity contribution >= 4 is 11.8 Å². The number of carbonyl (C=O) groups excluding carboxylic acids is 1. The van der Waals surface area contributed by atoms with E-state index in [-0.39, 0.29) is 5.78 Å². The van der Waals surface area contributed by atoms with Crippen LogP contribution in [0.3, 0.4) is 0 Å². The van der Waals surface area contributed by atoms with Crippen LogP contribution in [0.15, 0.2) is 42.5 Å². The quantitative estimate of drug-likeness (QED) is 0.940. The first-order chi connectivity index (χ1) is 10.6. The fraction of sp³-hybridized carbons (Fsp3) is 0.222. The van der Waals surface area contributed by atoms with Gasteiger partial charge in [0.2, 0.25) is 0 Å². The lowest BCUT2D eigenvalue weighted by Crippen LogP contribution is -2.15. The van der Waals surface area contributed by atoms with Crippen molar-refractivity contribution in [3.05, 3.63) is 53.6 Å². The third kappa shape index (κ3) is 2.86. The van der Waals surface area contributed by atoms with Crippen LogP contribution in [-0.2, 0) is 11.2 Å². The van der Waals surface area contributed by atoms with E-state index in [1.165, 1.54) is 0 Å². The number of carbonyl (C=O) groups is 2. The second kappa shape index (κ2) is 6.02. The Kier molecular flexibility index (Phi) is 3.92. The molecule has 112 valence electrons. The van der Waals surface area contributed by atoms with E-state index in [1.54, 1.807) is 0 Å². The molecule has 4 nitrogen and oxygen atoms in total. The average Bonchev–Trinajstić information content (AvgIpc) is 2.54. The van der Waals surface area contributed by atoms with Gasteiger partial charge in [-0.2, -0.15) is 0 Å². The zero-order chi connectivity index (χ0) is 15.5. The summed E-state index contributed by atoms with van der Waals surface area (Å²) < 4.78 is 5.42. The third-order valence-corrected chi connectivity index (χ3v) is 3.80. The summed E-state index contributed by atoms with van der Waals surface area (Å²) in [5.41, 5.74) is 3.34. The van der Waals surface area contributed by atoms with Gasteiger partial charge in [-0.3, -0.25) is 4.79 Å². The highest BCUT2D eigenvalue weighted by Crippen LogP contribution is 2.35. The highest BCUT2D eigenvalue weighted by Gasteiger charge is 2.22. The summed E-state index contributed by atoms with van der Waals surface area (Å²) in [6.45, 7) is -0.404. The number of ether oxygens (including phenoxy) is 1. The van der Waals surface area contributed by atoms with Crippen LogP contribution in [0.2, 0.25) is 0 Å². The zero-order valence-corrected chi connectivity index (χ0v) is 12.0. The molecule has 1 aliphatic rings. The highest BCUT2D eigenvalue weighted by atomic mass is 16.5. The summed E-state index contributed by atoms with van der Waals surface area (Å²) in [7, 11) is 0. The van der Waals surface area contributed by atoms with Crippen molar-refractivity contribution in [3.63, 3.8) is 0 Å². The van der Waals surface area contributed by atoms with Gasteiger partial charge in [0, 0.05) is 17.5 Å². The van der Waals surface area contributed by atoms with Crippen molar-refractivity contribution in [2.24, 2.45) is 0 Å². The van der Waals surface area contributed by atoms with Crippen LogP contribution in [-0.4, -0.2) is 23.5 Å². The van der Waals surface area contributed by atoms with E-state index in [0.29, 0.717) is 17.7 Å². The van der Waals surface area contributed by atoms with Gasteiger partial charge in [-0.15, -0.1) is 0 Å². The van der Waals surface area contributed by atoms with Crippen LogP contribution in [0.4, 0.5) is 0 Å². The topological polar surface area (TPSA) is 63.6 Å². The van der Waals surface area contributed by atoms with Gasteiger partial charge in [0.1, 0.15) is 5.75 Å². The lowest BCUT2D eigenvalue weighted by atomic mass is 9.87. The van der Waals surface area contributed by atoms with E-state index in [9.17, 15) is 9.59 Å². The summed E-state index contributed by atoms with van der Waals surface area (Å²) >= 11 is 0. The van der Waals surface area contributed by atoms with Gasteiger partial charge in [0.15, 0.2) is 12.4 Å². The molecule has 0 amide bonds. The van der Waals surface area contributed by atoms with Gasteiger partial charge >= 0.3 is 5.97 Å². The summed E-state index contributed by atoms with van der Waals surface area (Å²) in [5, 5.41) is 8.83.